The minimum Gasteiger partial charge on any atom is -0.378 e. The molecular weight excluding hydrogens is 228 g/mol. The molecule has 2 fully saturated rings. The Morgan fingerprint density at radius 3 is 2.94 bits per heavy atom. The van der Waals surface area contributed by atoms with Crippen LogP contribution in [-0.4, -0.2) is 42.6 Å². The Kier molecular flexibility index (Phi) is 5.01. The molecule has 2 aliphatic heterocycles. The summed E-state index contributed by atoms with van der Waals surface area (Å²) in [6.45, 7) is 4.71. The molecule has 0 spiro atoms. The number of likely N-dealkylation sites (tertiary alicyclic amines) is 1. The van der Waals surface area contributed by atoms with Crippen LogP contribution >= 0.6 is 0 Å². The lowest BCUT2D eigenvalue weighted by atomic mass is 9.90. The number of nitrogens with two attached hydrogens (primary N) is 1. The summed E-state index contributed by atoms with van der Waals surface area (Å²) in [5.74, 6) is 0.765. The first-order valence-corrected chi connectivity index (χ1v) is 7.35. The van der Waals surface area contributed by atoms with Gasteiger partial charge in [0.25, 0.3) is 0 Å². The number of carbonyl (C=O) groups excluding carboxylic acids is 1. The zero-order valence-corrected chi connectivity index (χ0v) is 11.4. The molecular formula is C14H26N2O2. The summed E-state index contributed by atoms with van der Waals surface area (Å²) < 4.78 is 5.56. The third-order valence-corrected chi connectivity index (χ3v) is 4.37. The van der Waals surface area contributed by atoms with E-state index in [1.165, 1.54) is 0 Å². The van der Waals surface area contributed by atoms with E-state index in [4.69, 9.17) is 10.5 Å². The van der Waals surface area contributed by atoms with Gasteiger partial charge >= 0.3 is 0 Å². The molecule has 0 saturated carbocycles. The van der Waals surface area contributed by atoms with Crippen molar-refractivity contribution in [1.29, 1.82) is 0 Å². The van der Waals surface area contributed by atoms with Gasteiger partial charge in [-0.1, -0.05) is 13.3 Å². The number of rotatable bonds is 4. The molecule has 18 heavy (non-hydrogen) atoms. The molecule has 2 N–H and O–H groups in total. The van der Waals surface area contributed by atoms with E-state index in [1.807, 2.05) is 4.90 Å². The molecule has 0 aromatic rings. The van der Waals surface area contributed by atoms with E-state index < -0.39 is 0 Å². The third kappa shape index (κ3) is 3.45. The highest BCUT2D eigenvalue weighted by Crippen LogP contribution is 2.21. The van der Waals surface area contributed by atoms with Crippen LogP contribution in [0.25, 0.3) is 0 Å². The summed E-state index contributed by atoms with van der Waals surface area (Å²) in [5.41, 5.74) is 6.07. The second-order valence-corrected chi connectivity index (χ2v) is 5.63. The summed E-state index contributed by atoms with van der Waals surface area (Å²) in [6, 6.07) is 0.275. The van der Waals surface area contributed by atoms with E-state index in [-0.39, 0.29) is 11.9 Å². The van der Waals surface area contributed by atoms with Gasteiger partial charge in [0.15, 0.2) is 0 Å². The van der Waals surface area contributed by atoms with Crippen LogP contribution in [0.2, 0.25) is 0 Å². The van der Waals surface area contributed by atoms with E-state index in [2.05, 4.69) is 6.92 Å². The fourth-order valence-electron chi connectivity index (χ4n) is 3.02. The molecule has 0 aromatic heterocycles. The van der Waals surface area contributed by atoms with E-state index in [9.17, 15) is 4.79 Å². The monoisotopic (exact) mass is 254 g/mol. The van der Waals surface area contributed by atoms with Gasteiger partial charge in [-0.3, -0.25) is 4.79 Å². The van der Waals surface area contributed by atoms with Crippen molar-refractivity contribution in [3.8, 4) is 0 Å². The number of hydrogen-bond acceptors (Lipinski definition) is 3. The van der Waals surface area contributed by atoms with Crippen LogP contribution in [0.3, 0.4) is 0 Å². The Labute approximate surface area is 110 Å². The lowest BCUT2D eigenvalue weighted by Crippen LogP contribution is -2.49. The van der Waals surface area contributed by atoms with Crippen LogP contribution in [0.1, 0.15) is 45.4 Å². The van der Waals surface area contributed by atoms with Crippen molar-refractivity contribution >= 4 is 5.91 Å². The van der Waals surface area contributed by atoms with Crippen molar-refractivity contribution in [2.75, 3.05) is 19.7 Å². The Morgan fingerprint density at radius 2 is 2.28 bits per heavy atom. The highest BCUT2D eigenvalue weighted by atomic mass is 16.5. The number of carbonyl (C=O) groups is 1. The predicted octanol–water partition coefficient (Wildman–Crippen LogP) is 1.53. The number of ether oxygens (including phenoxy) is 1. The van der Waals surface area contributed by atoms with Gasteiger partial charge in [0.2, 0.25) is 5.91 Å². The smallest absolute Gasteiger partial charge is 0.222 e. The second kappa shape index (κ2) is 6.53. The van der Waals surface area contributed by atoms with Crippen LogP contribution in [0.15, 0.2) is 0 Å². The first kappa shape index (κ1) is 13.8. The number of hydrogen-bond donors (Lipinski definition) is 1. The van der Waals surface area contributed by atoms with Crippen LogP contribution in [0.4, 0.5) is 0 Å². The first-order valence-electron chi connectivity index (χ1n) is 7.35. The van der Waals surface area contributed by atoms with Gasteiger partial charge in [-0.15, -0.1) is 0 Å². The molecule has 3 unspecified atom stereocenters. The molecule has 3 atom stereocenters. The average Bonchev–Trinajstić information content (AvgIpc) is 2.89. The van der Waals surface area contributed by atoms with Crippen LogP contribution in [0.5, 0.6) is 0 Å². The molecule has 2 heterocycles. The molecule has 4 heteroatoms. The first-order chi connectivity index (χ1) is 8.70. The zero-order valence-electron chi connectivity index (χ0n) is 11.4. The molecule has 2 saturated heterocycles. The van der Waals surface area contributed by atoms with E-state index in [1.54, 1.807) is 0 Å². The van der Waals surface area contributed by atoms with E-state index in [0.717, 1.165) is 51.8 Å². The van der Waals surface area contributed by atoms with E-state index >= 15 is 0 Å². The highest BCUT2D eigenvalue weighted by Gasteiger charge is 2.28. The summed E-state index contributed by atoms with van der Waals surface area (Å²) in [7, 11) is 0. The highest BCUT2D eigenvalue weighted by molar-refractivity contribution is 5.76. The summed E-state index contributed by atoms with van der Waals surface area (Å²) >= 11 is 0. The molecule has 4 nitrogen and oxygen atoms in total. The van der Waals surface area contributed by atoms with Crippen LogP contribution in [0, 0.1) is 5.92 Å². The molecule has 0 aliphatic carbocycles. The normalized spacial score (nSPS) is 32.8. The maximum absolute atomic E-state index is 12.2. The molecule has 2 aliphatic rings. The predicted molar refractivity (Wildman–Crippen MR) is 71.2 cm³/mol. The topological polar surface area (TPSA) is 55.6 Å². The molecule has 0 aromatic carbocycles. The largest absolute Gasteiger partial charge is 0.378 e. The molecule has 0 bridgehead atoms. The minimum atomic E-state index is 0.275. The number of amides is 1. The number of nitrogens with zero attached hydrogens (tertiary/aromatic N) is 1. The Hall–Kier alpha value is -0.610. The van der Waals surface area contributed by atoms with Crippen LogP contribution in [-0.2, 0) is 9.53 Å². The van der Waals surface area contributed by atoms with Gasteiger partial charge in [0.1, 0.15) is 0 Å². The van der Waals surface area contributed by atoms with Gasteiger partial charge in [0.05, 0.1) is 6.10 Å². The second-order valence-electron chi connectivity index (χ2n) is 5.63. The molecule has 0 radical (unpaired) electrons. The SMILES string of the molecule is CCC1CN(C(=O)CCC2CCCO2)CCC1N. The molecule has 2 rings (SSSR count). The fourth-order valence-corrected chi connectivity index (χ4v) is 3.02. The van der Waals surface area contributed by atoms with Crippen molar-refractivity contribution in [3.05, 3.63) is 0 Å². The Morgan fingerprint density at radius 1 is 1.44 bits per heavy atom. The fraction of sp³-hybridized carbons (Fsp3) is 0.929. The zero-order chi connectivity index (χ0) is 13.0. The summed E-state index contributed by atoms with van der Waals surface area (Å²) in [4.78, 5) is 14.2. The van der Waals surface area contributed by atoms with Crippen molar-refractivity contribution in [2.24, 2.45) is 11.7 Å². The van der Waals surface area contributed by atoms with Gasteiger partial charge in [-0.25, -0.2) is 0 Å². The average molecular weight is 254 g/mol. The maximum Gasteiger partial charge on any atom is 0.222 e. The van der Waals surface area contributed by atoms with E-state index in [0.29, 0.717) is 18.4 Å². The van der Waals surface area contributed by atoms with Gasteiger partial charge in [-0.05, 0) is 31.6 Å². The standard InChI is InChI=1S/C14H26N2O2/c1-2-11-10-16(8-7-13(11)15)14(17)6-5-12-4-3-9-18-12/h11-13H,2-10,15H2,1H3. The quantitative estimate of drug-likeness (QED) is 0.828. The lowest BCUT2D eigenvalue weighted by Gasteiger charge is -2.36. The van der Waals surface area contributed by atoms with Crippen molar-refractivity contribution in [1.82, 2.24) is 4.90 Å². The summed E-state index contributed by atoms with van der Waals surface area (Å²) in [5, 5.41) is 0. The lowest BCUT2D eigenvalue weighted by molar-refractivity contribution is -0.133. The summed E-state index contributed by atoms with van der Waals surface area (Å²) in [6.07, 6.45) is 6.13. The molecule has 104 valence electrons. The maximum atomic E-state index is 12.2. The van der Waals surface area contributed by atoms with Crippen LogP contribution < -0.4 is 5.73 Å². The third-order valence-electron chi connectivity index (χ3n) is 4.37. The van der Waals surface area contributed by atoms with Crippen molar-refractivity contribution in [3.63, 3.8) is 0 Å². The Bertz CT molecular complexity index is 277. The van der Waals surface area contributed by atoms with Crippen molar-refractivity contribution in [2.45, 2.75) is 57.6 Å². The van der Waals surface area contributed by atoms with Crippen molar-refractivity contribution < 1.29 is 9.53 Å². The minimum absolute atomic E-state index is 0.275. The molecule has 1 amide bonds. The Balaban J connectivity index is 1.74. The number of piperidine rings is 1. The van der Waals surface area contributed by atoms with Gasteiger partial charge in [0, 0.05) is 32.2 Å². The van der Waals surface area contributed by atoms with Gasteiger partial charge < -0.3 is 15.4 Å². The van der Waals surface area contributed by atoms with Gasteiger partial charge in [-0.2, -0.15) is 0 Å².